The van der Waals surface area contributed by atoms with Gasteiger partial charge in [-0.3, -0.25) is 4.79 Å². The molecule has 0 fully saturated rings. The number of carbonyl (C=O) groups excluding carboxylic acids is 1. The Kier molecular flexibility index (Phi) is 6.05. The highest BCUT2D eigenvalue weighted by Gasteiger charge is 2.07. The molecule has 23 heavy (non-hydrogen) atoms. The van der Waals surface area contributed by atoms with Crippen LogP contribution in [-0.2, 0) is 11.2 Å². The van der Waals surface area contributed by atoms with E-state index in [1.165, 1.54) is 5.56 Å². The number of ether oxygens (including phenoxy) is 1. The van der Waals surface area contributed by atoms with Crippen LogP contribution >= 0.6 is 11.6 Å². The Morgan fingerprint density at radius 1 is 1.17 bits per heavy atom. The lowest BCUT2D eigenvalue weighted by Gasteiger charge is -2.09. The van der Waals surface area contributed by atoms with E-state index in [4.69, 9.17) is 16.3 Å². The molecule has 1 amide bonds. The van der Waals surface area contributed by atoms with Crippen molar-refractivity contribution in [3.8, 4) is 5.75 Å². The molecule has 0 atom stereocenters. The number of aryl methyl sites for hydroxylation is 1. The van der Waals surface area contributed by atoms with E-state index in [9.17, 15) is 4.79 Å². The van der Waals surface area contributed by atoms with E-state index in [2.05, 4.69) is 43.4 Å². The van der Waals surface area contributed by atoms with Crippen LogP contribution < -0.4 is 10.1 Å². The summed E-state index contributed by atoms with van der Waals surface area (Å²) in [6.07, 6.45) is 1.15. The number of nitrogens with one attached hydrogen (secondary N) is 1. The van der Waals surface area contributed by atoms with Crippen LogP contribution in [-0.4, -0.2) is 13.0 Å². The van der Waals surface area contributed by atoms with Crippen LogP contribution in [0.5, 0.6) is 5.75 Å². The molecule has 2 aromatic rings. The molecule has 4 heteroatoms. The Balaban J connectivity index is 1.88. The molecular formula is C19H22ClNO2. The fourth-order valence-electron chi connectivity index (χ4n) is 2.29. The number of hydrogen-bond donors (Lipinski definition) is 1. The van der Waals surface area contributed by atoms with Crippen molar-refractivity contribution < 1.29 is 9.53 Å². The molecule has 0 heterocycles. The summed E-state index contributed by atoms with van der Waals surface area (Å²) in [5.41, 5.74) is 3.15. The third kappa shape index (κ3) is 5.00. The van der Waals surface area contributed by atoms with Crippen molar-refractivity contribution in [1.29, 1.82) is 0 Å². The largest absolute Gasteiger partial charge is 0.495 e. The Labute approximate surface area is 142 Å². The summed E-state index contributed by atoms with van der Waals surface area (Å²) in [7, 11) is 1.56. The molecule has 0 aromatic heterocycles. The van der Waals surface area contributed by atoms with Gasteiger partial charge in [0.05, 0.1) is 12.1 Å². The molecule has 0 saturated heterocycles. The lowest BCUT2D eigenvalue weighted by molar-refractivity contribution is -0.116. The van der Waals surface area contributed by atoms with Crippen molar-refractivity contribution in [1.82, 2.24) is 0 Å². The van der Waals surface area contributed by atoms with Gasteiger partial charge in [-0.1, -0.05) is 49.7 Å². The Hall–Kier alpha value is -2.00. The van der Waals surface area contributed by atoms with Gasteiger partial charge in [0.15, 0.2) is 0 Å². The number of halogens is 1. The van der Waals surface area contributed by atoms with E-state index in [1.54, 1.807) is 25.3 Å². The first-order chi connectivity index (χ1) is 11.0. The Bertz CT molecular complexity index is 666. The second kappa shape index (κ2) is 8.02. The number of methoxy groups -OCH3 is 1. The Morgan fingerprint density at radius 2 is 1.87 bits per heavy atom. The number of hydrogen-bond acceptors (Lipinski definition) is 2. The van der Waals surface area contributed by atoms with Crippen LogP contribution in [0, 0.1) is 0 Å². The van der Waals surface area contributed by atoms with Crippen LogP contribution in [0.1, 0.15) is 37.3 Å². The van der Waals surface area contributed by atoms with E-state index >= 15 is 0 Å². The average molecular weight is 332 g/mol. The summed E-state index contributed by atoms with van der Waals surface area (Å²) < 4.78 is 5.09. The predicted octanol–water partition coefficient (Wildman–Crippen LogP) is 5.04. The molecule has 2 aromatic carbocycles. The molecule has 0 radical (unpaired) electrons. The highest BCUT2D eigenvalue weighted by Crippen LogP contribution is 2.27. The normalized spacial score (nSPS) is 10.7. The molecule has 0 unspecified atom stereocenters. The third-order valence-corrected chi connectivity index (χ3v) is 4.02. The van der Waals surface area contributed by atoms with Gasteiger partial charge in [-0.2, -0.15) is 0 Å². The van der Waals surface area contributed by atoms with E-state index in [-0.39, 0.29) is 5.91 Å². The maximum absolute atomic E-state index is 12.0. The molecule has 0 aliphatic rings. The molecular weight excluding hydrogens is 310 g/mol. The molecule has 0 aliphatic heterocycles. The van der Waals surface area contributed by atoms with Gasteiger partial charge in [-0.15, -0.1) is 0 Å². The maximum Gasteiger partial charge on any atom is 0.224 e. The molecule has 0 bridgehead atoms. The summed E-state index contributed by atoms with van der Waals surface area (Å²) in [5, 5.41) is 3.34. The van der Waals surface area contributed by atoms with Gasteiger partial charge < -0.3 is 10.1 Å². The minimum absolute atomic E-state index is 0.0285. The second-order valence-electron chi connectivity index (χ2n) is 5.79. The maximum atomic E-state index is 12.0. The highest BCUT2D eigenvalue weighted by atomic mass is 35.5. The number of benzene rings is 2. The zero-order chi connectivity index (χ0) is 16.8. The van der Waals surface area contributed by atoms with E-state index in [1.807, 2.05) is 0 Å². The fraction of sp³-hybridized carbons (Fsp3) is 0.316. The molecule has 0 aliphatic carbocycles. The number of rotatable bonds is 6. The van der Waals surface area contributed by atoms with Gasteiger partial charge in [-0.25, -0.2) is 0 Å². The first-order valence-electron chi connectivity index (χ1n) is 7.72. The quantitative estimate of drug-likeness (QED) is 0.805. The van der Waals surface area contributed by atoms with Crippen molar-refractivity contribution >= 4 is 23.2 Å². The SMILES string of the molecule is COc1ccc(NC(=O)CCc2ccc(C(C)C)cc2)cc1Cl. The second-order valence-corrected chi connectivity index (χ2v) is 6.20. The minimum atomic E-state index is -0.0285. The van der Waals surface area contributed by atoms with Gasteiger partial charge in [-0.05, 0) is 41.7 Å². The predicted molar refractivity (Wildman–Crippen MR) is 95.5 cm³/mol. The van der Waals surface area contributed by atoms with Gasteiger partial charge in [0.25, 0.3) is 0 Å². The number of anilines is 1. The van der Waals surface area contributed by atoms with Gasteiger partial charge >= 0.3 is 0 Å². The number of amides is 1. The molecule has 0 spiro atoms. The van der Waals surface area contributed by atoms with E-state index < -0.39 is 0 Å². The topological polar surface area (TPSA) is 38.3 Å². The van der Waals surface area contributed by atoms with Crippen molar-refractivity contribution in [2.75, 3.05) is 12.4 Å². The molecule has 0 saturated carbocycles. The van der Waals surface area contributed by atoms with Crippen molar-refractivity contribution in [2.45, 2.75) is 32.6 Å². The zero-order valence-electron chi connectivity index (χ0n) is 13.7. The summed E-state index contributed by atoms with van der Waals surface area (Å²) in [6.45, 7) is 4.34. The van der Waals surface area contributed by atoms with Crippen LogP contribution in [0.4, 0.5) is 5.69 Å². The van der Waals surface area contributed by atoms with Crippen LogP contribution in [0.3, 0.4) is 0 Å². The lowest BCUT2D eigenvalue weighted by Crippen LogP contribution is -2.12. The van der Waals surface area contributed by atoms with E-state index in [0.717, 1.165) is 5.56 Å². The first-order valence-corrected chi connectivity index (χ1v) is 8.09. The molecule has 2 rings (SSSR count). The average Bonchev–Trinajstić information content (AvgIpc) is 2.53. The van der Waals surface area contributed by atoms with Gasteiger partial charge in [0.1, 0.15) is 5.75 Å². The Morgan fingerprint density at radius 3 is 2.43 bits per heavy atom. The van der Waals surface area contributed by atoms with Gasteiger partial charge in [0, 0.05) is 12.1 Å². The molecule has 1 N–H and O–H groups in total. The van der Waals surface area contributed by atoms with E-state index in [0.29, 0.717) is 35.2 Å². The number of carbonyl (C=O) groups is 1. The van der Waals surface area contributed by atoms with Crippen molar-refractivity contribution in [3.05, 3.63) is 58.6 Å². The third-order valence-electron chi connectivity index (χ3n) is 3.72. The lowest BCUT2D eigenvalue weighted by atomic mass is 10.0. The smallest absolute Gasteiger partial charge is 0.224 e. The fourth-order valence-corrected chi connectivity index (χ4v) is 2.55. The van der Waals surface area contributed by atoms with Crippen LogP contribution in [0.2, 0.25) is 5.02 Å². The van der Waals surface area contributed by atoms with Gasteiger partial charge in [0.2, 0.25) is 5.91 Å². The molecule has 3 nitrogen and oxygen atoms in total. The summed E-state index contributed by atoms with van der Waals surface area (Å²) in [5.74, 6) is 1.08. The molecule has 122 valence electrons. The van der Waals surface area contributed by atoms with Crippen molar-refractivity contribution in [2.24, 2.45) is 0 Å². The first kappa shape index (κ1) is 17.4. The highest BCUT2D eigenvalue weighted by molar-refractivity contribution is 6.32. The monoisotopic (exact) mass is 331 g/mol. The zero-order valence-corrected chi connectivity index (χ0v) is 14.5. The summed E-state index contributed by atoms with van der Waals surface area (Å²) >= 11 is 6.05. The van der Waals surface area contributed by atoms with Crippen LogP contribution in [0.15, 0.2) is 42.5 Å². The van der Waals surface area contributed by atoms with Crippen molar-refractivity contribution in [3.63, 3.8) is 0 Å². The minimum Gasteiger partial charge on any atom is -0.495 e. The standard InChI is InChI=1S/C19H22ClNO2/c1-13(2)15-7-4-14(5-8-15)6-11-19(22)21-16-9-10-18(23-3)17(20)12-16/h4-5,7-10,12-13H,6,11H2,1-3H3,(H,21,22). The summed E-state index contributed by atoms with van der Waals surface area (Å²) in [6, 6.07) is 13.6. The van der Waals surface area contributed by atoms with Crippen LogP contribution in [0.25, 0.3) is 0 Å². The summed E-state index contributed by atoms with van der Waals surface area (Å²) in [4.78, 5) is 12.0.